The molecule has 6 aromatic rings. The highest BCUT2D eigenvalue weighted by Crippen LogP contribution is 2.21. The van der Waals surface area contributed by atoms with Crippen LogP contribution in [0.15, 0.2) is 184 Å². The van der Waals surface area contributed by atoms with Crippen molar-refractivity contribution in [2.24, 2.45) is 0 Å². The molecule has 5 aromatic carbocycles. The summed E-state index contributed by atoms with van der Waals surface area (Å²) in [6.07, 6.45) is 15.7. The van der Waals surface area contributed by atoms with Gasteiger partial charge in [0.1, 0.15) is 42.7 Å². The van der Waals surface area contributed by atoms with Crippen LogP contribution in [0.5, 0.6) is 17.2 Å². The van der Waals surface area contributed by atoms with E-state index in [9.17, 15) is 4.79 Å². The van der Waals surface area contributed by atoms with E-state index in [2.05, 4.69) is 179 Å². The first-order chi connectivity index (χ1) is 33.6. The summed E-state index contributed by atoms with van der Waals surface area (Å²) in [5.41, 5.74) is 9.69. The van der Waals surface area contributed by atoms with Gasteiger partial charge in [0.25, 0.3) is 0 Å². The minimum absolute atomic E-state index is 0.348. The normalized spacial score (nSPS) is 12.7. The Morgan fingerprint density at radius 1 is 0.580 bits per heavy atom. The molecule has 7 rings (SSSR count). The number of benzene rings is 5. The van der Waals surface area contributed by atoms with Gasteiger partial charge < -0.3 is 23.5 Å². The Labute approximate surface area is 414 Å². The van der Waals surface area contributed by atoms with Crippen LogP contribution < -0.4 is 19.8 Å². The summed E-state index contributed by atoms with van der Waals surface area (Å²) >= 11 is 0. The first-order valence-electron chi connectivity index (χ1n) is 25.2. The number of allylic oxidation sites excluding steroid dienone is 5. The van der Waals surface area contributed by atoms with Gasteiger partial charge >= 0.3 is 5.63 Å². The zero-order valence-corrected chi connectivity index (χ0v) is 42.5. The van der Waals surface area contributed by atoms with Crippen molar-refractivity contribution in [2.45, 2.75) is 92.9 Å². The number of rotatable bonds is 23. The van der Waals surface area contributed by atoms with Gasteiger partial charge in [-0.1, -0.05) is 128 Å². The maximum Gasteiger partial charge on any atom is 0.336 e. The van der Waals surface area contributed by atoms with E-state index in [1.165, 1.54) is 71.0 Å². The van der Waals surface area contributed by atoms with E-state index in [4.69, 9.17) is 18.6 Å². The number of likely N-dealkylation sites (tertiary alicyclic amines) is 1. The second-order valence-corrected chi connectivity index (χ2v) is 18.1. The zero-order valence-electron chi connectivity index (χ0n) is 42.5. The maximum absolute atomic E-state index is 11.3. The van der Waals surface area contributed by atoms with E-state index < -0.39 is 0 Å². The standard InChI is InChI=1S/C24H30O3.C19H23NO.C19H25NO/c1-18(2)7-5-8-19(3)9-6-10-20(4)15-16-26-22-13-11-21-12-14-24(25)27-23(21)17-22;1-2-6-17(7-3-1)16-18-8-10-19(11-9-18)21-15-14-20-12-4-5-13-20;1-3-20(4-2)14-15-21-19-12-10-18(11-13-19)16-17-8-6-5-7-9-17/h7,9,11-15,17H,5-6,8,10,16H2,1-4H3;1-3,6-11H,4-5,12-16H2;5-13H,3-4,14-16H2,1-2H3/b19-9+,20-15+;;. The summed E-state index contributed by atoms with van der Waals surface area (Å²) in [7, 11) is 0. The summed E-state index contributed by atoms with van der Waals surface area (Å²) in [5.74, 6) is 2.64. The molecule has 0 unspecified atom stereocenters. The molecule has 0 saturated carbocycles. The molecule has 0 atom stereocenters. The molecule has 69 heavy (non-hydrogen) atoms. The summed E-state index contributed by atoms with van der Waals surface area (Å²) < 4.78 is 22.6. The monoisotopic (exact) mass is 931 g/mol. The molecule has 1 aliphatic heterocycles. The fourth-order valence-corrected chi connectivity index (χ4v) is 7.95. The Hall–Kier alpha value is -6.15. The van der Waals surface area contributed by atoms with E-state index in [1.54, 1.807) is 12.1 Å². The number of nitrogens with zero attached hydrogens (tertiary/aromatic N) is 2. The Morgan fingerprint density at radius 2 is 1.09 bits per heavy atom. The lowest BCUT2D eigenvalue weighted by Gasteiger charge is -2.18. The van der Waals surface area contributed by atoms with Gasteiger partial charge in [0, 0.05) is 30.6 Å². The molecule has 1 saturated heterocycles. The molecule has 7 nitrogen and oxygen atoms in total. The third kappa shape index (κ3) is 21.8. The van der Waals surface area contributed by atoms with E-state index in [0.29, 0.717) is 17.9 Å². The van der Waals surface area contributed by atoms with Crippen LogP contribution in [0.4, 0.5) is 0 Å². The molecule has 2 heterocycles. The quantitative estimate of drug-likeness (QED) is 0.0468. The summed E-state index contributed by atoms with van der Waals surface area (Å²) in [6.45, 7) is 21.7. The van der Waals surface area contributed by atoms with E-state index in [-0.39, 0.29) is 5.63 Å². The van der Waals surface area contributed by atoms with Crippen molar-refractivity contribution in [3.63, 3.8) is 0 Å². The molecular weight excluding hydrogens is 853 g/mol. The number of hydrogen-bond acceptors (Lipinski definition) is 7. The fourth-order valence-electron chi connectivity index (χ4n) is 7.95. The van der Waals surface area contributed by atoms with E-state index in [1.807, 2.05) is 12.1 Å². The van der Waals surface area contributed by atoms with Crippen LogP contribution in [0, 0.1) is 0 Å². The van der Waals surface area contributed by atoms with Crippen LogP contribution in [0.3, 0.4) is 0 Å². The number of ether oxygens (including phenoxy) is 3. The first kappa shape index (κ1) is 53.8. The Bertz CT molecular complexity index is 2390. The van der Waals surface area contributed by atoms with Crippen LogP contribution in [0.25, 0.3) is 11.0 Å². The van der Waals surface area contributed by atoms with Crippen LogP contribution in [0.2, 0.25) is 0 Å². The van der Waals surface area contributed by atoms with Crippen molar-refractivity contribution in [1.29, 1.82) is 0 Å². The second kappa shape index (κ2) is 31.1. The molecule has 0 amide bonds. The maximum atomic E-state index is 11.3. The highest BCUT2D eigenvalue weighted by molar-refractivity contribution is 5.77. The molecule has 0 N–H and O–H groups in total. The lowest BCUT2D eigenvalue weighted by atomic mass is 10.1. The van der Waals surface area contributed by atoms with Crippen LogP contribution >= 0.6 is 0 Å². The van der Waals surface area contributed by atoms with Crippen molar-refractivity contribution in [2.75, 3.05) is 59.1 Å². The molecule has 1 fully saturated rings. The number of likely N-dealkylation sites (N-methyl/N-ethyl adjacent to an activating group) is 1. The van der Waals surface area contributed by atoms with Gasteiger partial charge in [0.2, 0.25) is 0 Å². The predicted octanol–water partition coefficient (Wildman–Crippen LogP) is 14.3. The zero-order chi connectivity index (χ0) is 48.9. The van der Waals surface area contributed by atoms with Crippen molar-refractivity contribution in [1.82, 2.24) is 9.80 Å². The molecule has 0 radical (unpaired) electrons. The molecule has 0 bridgehead atoms. The second-order valence-electron chi connectivity index (χ2n) is 18.1. The van der Waals surface area contributed by atoms with Gasteiger partial charge in [-0.3, -0.25) is 4.90 Å². The number of fused-ring (bicyclic) bond motifs is 1. The molecule has 0 aliphatic carbocycles. The largest absolute Gasteiger partial charge is 0.492 e. The summed E-state index contributed by atoms with van der Waals surface area (Å²) in [4.78, 5) is 16.2. The minimum Gasteiger partial charge on any atom is -0.492 e. The van der Waals surface area contributed by atoms with Crippen molar-refractivity contribution >= 4 is 11.0 Å². The third-order valence-corrected chi connectivity index (χ3v) is 12.2. The van der Waals surface area contributed by atoms with Gasteiger partial charge in [0.15, 0.2) is 0 Å². The highest BCUT2D eigenvalue weighted by atomic mass is 16.5. The first-order valence-corrected chi connectivity index (χ1v) is 25.2. The van der Waals surface area contributed by atoms with Gasteiger partial charge in [-0.2, -0.15) is 0 Å². The van der Waals surface area contributed by atoms with E-state index in [0.717, 1.165) is 94.8 Å². The van der Waals surface area contributed by atoms with Gasteiger partial charge in [-0.15, -0.1) is 0 Å². The molecule has 366 valence electrons. The minimum atomic E-state index is -0.348. The van der Waals surface area contributed by atoms with Crippen LogP contribution in [-0.4, -0.2) is 68.9 Å². The lowest BCUT2D eigenvalue weighted by Crippen LogP contribution is -2.27. The fraction of sp³-hybridized carbons (Fsp3) is 0.371. The molecule has 1 aromatic heterocycles. The van der Waals surface area contributed by atoms with Gasteiger partial charge in [-0.05, 0) is 176 Å². The SMILES string of the molecule is CC(C)=CCC/C(C)=C/CC/C(C)=C/COc1ccc2ccc(=O)oc2c1.CCN(CC)CCOc1ccc(Cc2ccccc2)cc1.c1ccc(Cc2ccc(OCCN3CCCC3)cc2)cc1. The van der Waals surface area contributed by atoms with Crippen molar-refractivity contribution in [3.8, 4) is 17.2 Å². The summed E-state index contributed by atoms with van der Waals surface area (Å²) in [5, 5.41) is 0.889. The van der Waals surface area contributed by atoms with E-state index >= 15 is 0 Å². The Morgan fingerprint density at radius 3 is 1.65 bits per heavy atom. The average molecular weight is 931 g/mol. The Balaban J connectivity index is 0.000000195. The molecule has 7 heteroatoms. The predicted molar refractivity (Wildman–Crippen MR) is 289 cm³/mol. The lowest BCUT2D eigenvalue weighted by molar-refractivity contribution is 0.223. The molecular formula is C62H78N2O5. The average Bonchev–Trinajstić information content (AvgIpc) is 3.89. The van der Waals surface area contributed by atoms with Crippen molar-refractivity contribution in [3.05, 3.63) is 207 Å². The van der Waals surface area contributed by atoms with Gasteiger partial charge in [0.05, 0.1) is 0 Å². The third-order valence-electron chi connectivity index (χ3n) is 12.2. The van der Waals surface area contributed by atoms with Crippen LogP contribution in [-0.2, 0) is 12.8 Å². The van der Waals surface area contributed by atoms with Crippen molar-refractivity contribution < 1.29 is 18.6 Å². The smallest absolute Gasteiger partial charge is 0.336 e. The van der Waals surface area contributed by atoms with Crippen LogP contribution in [0.1, 0.15) is 102 Å². The number of hydrogen-bond donors (Lipinski definition) is 0. The van der Waals surface area contributed by atoms with Gasteiger partial charge in [-0.25, -0.2) is 4.79 Å². The highest BCUT2D eigenvalue weighted by Gasteiger charge is 2.11. The molecule has 0 spiro atoms. The Kier molecular flexibility index (Phi) is 24.2. The topological polar surface area (TPSA) is 64.4 Å². The summed E-state index contributed by atoms with van der Waals surface area (Å²) in [6, 6.07) is 46.8. The molecule has 1 aliphatic rings.